The molecule has 3 rings (SSSR count). The van der Waals surface area contributed by atoms with Crippen molar-refractivity contribution in [3.63, 3.8) is 0 Å². The summed E-state index contributed by atoms with van der Waals surface area (Å²) in [6.07, 6.45) is -0.689. The minimum absolute atomic E-state index is 0.185. The summed E-state index contributed by atoms with van der Waals surface area (Å²) < 4.78 is 2.02. The molecule has 0 spiro atoms. The van der Waals surface area contributed by atoms with Crippen molar-refractivity contribution in [1.82, 2.24) is 9.88 Å². The number of aliphatic hydroxyl groups excluding tert-OH is 3. The predicted octanol–water partition coefficient (Wildman–Crippen LogP) is 2.41. The largest absolute Gasteiger partial charge is 0.395 e. The average molecular weight is 383 g/mol. The van der Waals surface area contributed by atoms with E-state index in [-0.39, 0.29) is 19.8 Å². The van der Waals surface area contributed by atoms with E-state index in [2.05, 4.69) is 5.32 Å². The molecule has 0 radical (unpaired) electrons. The molecule has 0 fully saturated rings. The second kappa shape index (κ2) is 7.91. The summed E-state index contributed by atoms with van der Waals surface area (Å²) in [5, 5.41) is 34.8. The lowest BCUT2D eigenvalue weighted by Crippen LogP contribution is -2.41. The van der Waals surface area contributed by atoms with Gasteiger partial charge >= 0.3 is 0 Å². The standard InChI is InChI=1S/C18H20Cl2N2O3/c19-11-1-3-17-15(5-11)16-6-12(20)2-4-18(16)22(17)8-14(25)7-21-13(9-23)10-24/h1-6,13-14,21,23-25H,7-10H2. The Labute approximate surface area is 155 Å². The Hall–Kier alpha value is -1.34. The fraction of sp³-hybridized carbons (Fsp3) is 0.333. The summed E-state index contributed by atoms with van der Waals surface area (Å²) in [4.78, 5) is 0. The summed E-state index contributed by atoms with van der Waals surface area (Å²) in [5.41, 5.74) is 1.92. The van der Waals surface area contributed by atoms with Gasteiger partial charge in [0.05, 0.1) is 31.9 Å². The van der Waals surface area contributed by atoms with Crippen molar-refractivity contribution in [1.29, 1.82) is 0 Å². The van der Waals surface area contributed by atoms with Gasteiger partial charge < -0.3 is 25.2 Å². The molecule has 3 aromatic rings. The van der Waals surface area contributed by atoms with Gasteiger partial charge in [0.25, 0.3) is 0 Å². The Morgan fingerprint density at radius 2 is 1.44 bits per heavy atom. The number of nitrogens with zero attached hydrogens (tertiary/aromatic N) is 1. The third-order valence-corrected chi connectivity index (χ3v) is 4.74. The van der Waals surface area contributed by atoms with Gasteiger partial charge in [0.2, 0.25) is 0 Å². The van der Waals surface area contributed by atoms with Crippen LogP contribution in [0.15, 0.2) is 36.4 Å². The van der Waals surface area contributed by atoms with Crippen LogP contribution in [0.1, 0.15) is 0 Å². The van der Waals surface area contributed by atoms with Crippen LogP contribution in [0.2, 0.25) is 10.0 Å². The molecule has 0 aliphatic carbocycles. The van der Waals surface area contributed by atoms with Gasteiger partial charge in [-0.1, -0.05) is 23.2 Å². The average Bonchev–Trinajstić information content (AvgIpc) is 2.88. The van der Waals surface area contributed by atoms with E-state index in [0.717, 1.165) is 21.8 Å². The molecule has 7 heteroatoms. The zero-order valence-corrected chi connectivity index (χ0v) is 15.0. The number of aromatic nitrogens is 1. The number of rotatable bonds is 7. The van der Waals surface area contributed by atoms with E-state index in [1.807, 2.05) is 41.0 Å². The van der Waals surface area contributed by atoms with Gasteiger partial charge in [0.1, 0.15) is 0 Å². The molecule has 25 heavy (non-hydrogen) atoms. The van der Waals surface area contributed by atoms with E-state index in [4.69, 9.17) is 33.4 Å². The van der Waals surface area contributed by atoms with Crippen molar-refractivity contribution in [2.24, 2.45) is 0 Å². The number of nitrogens with one attached hydrogen (secondary N) is 1. The first-order valence-electron chi connectivity index (χ1n) is 8.03. The van der Waals surface area contributed by atoms with E-state index < -0.39 is 12.1 Å². The van der Waals surface area contributed by atoms with Gasteiger partial charge in [-0.2, -0.15) is 0 Å². The summed E-state index contributed by atoms with van der Waals surface area (Å²) in [7, 11) is 0. The molecule has 1 atom stereocenters. The van der Waals surface area contributed by atoms with Crippen LogP contribution >= 0.6 is 23.2 Å². The first-order chi connectivity index (χ1) is 12.0. The zero-order valence-electron chi connectivity index (χ0n) is 13.5. The second-order valence-corrected chi connectivity index (χ2v) is 6.93. The van der Waals surface area contributed by atoms with Crippen LogP contribution in [0.4, 0.5) is 0 Å². The molecule has 4 N–H and O–H groups in total. The molecule has 1 heterocycles. The van der Waals surface area contributed by atoms with Crippen LogP contribution in [0.3, 0.4) is 0 Å². The first kappa shape index (κ1) is 18.5. The lowest BCUT2D eigenvalue weighted by molar-refractivity contribution is 0.125. The molecule has 5 nitrogen and oxygen atoms in total. The van der Waals surface area contributed by atoms with Gasteiger partial charge in [0, 0.05) is 38.4 Å². The Balaban J connectivity index is 1.94. The SMILES string of the molecule is OCC(CO)NCC(O)Cn1c2ccc(Cl)cc2c2cc(Cl)ccc21. The summed E-state index contributed by atoms with van der Waals surface area (Å²) in [5.74, 6) is 0. The highest BCUT2D eigenvalue weighted by molar-refractivity contribution is 6.33. The molecule has 0 saturated carbocycles. The summed E-state index contributed by atoms with van der Waals surface area (Å²) in [6.45, 7) is 0.249. The van der Waals surface area contributed by atoms with Crippen molar-refractivity contribution < 1.29 is 15.3 Å². The van der Waals surface area contributed by atoms with Crippen LogP contribution in [-0.4, -0.2) is 51.8 Å². The highest BCUT2D eigenvalue weighted by Crippen LogP contribution is 2.32. The van der Waals surface area contributed by atoms with Crippen molar-refractivity contribution in [2.45, 2.75) is 18.7 Å². The fourth-order valence-corrected chi connectivity index (χ4v) is 3.35. The molecule has 1 unspecified atom stereocenters. The van der Waals surface area contributed by atoms with Crippen LogP contribution in [0, 0.1) is 0 Å². The monoisotopic (exact) mass is 382 g/mol. The molecular weight excluding hydrogens is 363 g/mol. The Morgan fingerprint density at radius 1 is 0.920 bits per heavy atom. The number of hydrogen-bond donors (Lipinski definition) is 4. The van der Waals surface area contributed by atoms with E-state index in [9.17, 15) is 5.11 Å². The van der Waals surface area contributed by atoms with Crippen LogP contribution < -0.4 is 5.32 Å². The molecule has 0 saturated heterocycles. The zero-order chi connectivity index (χ0) is 18.0. The van der Waals surface area contributed by atoms with E-state index in [0.29, 0.717) is 16.6 Å². The van der Waals surface area contributed by atoms with Gasteiger partial charge in [-0.3, -0.25) is 0 Å². The van der Waals surface area contributed by atoms with Gasteiger partial charge in [-0.05, 0) is 36.4 Å². The van der Waals surface area contributed by atoms with Crippen molar-refractivity contribution in [3.8, 4) is 0 Å². The Bertz CT molecular complexity index is 818. The van der Waals surface area contributed by atoms with Gasteiger partial charge in [-0.15, -0.1) is 0 Å². The second-order valence-electron chi connectivity index (χ2n) is 6.06. The lowest BCUT2D eigenvalue weighted by atomic mass is 10.1. The summed E-state index contributed by atoms with van der Waals surface area (Å²) >= 11 is 12.3. The molecule has 0 aliphatic heterocycles. The molecule has 2 aromatic carbocycles. The minimum atomic E-state index is -0.689. The number of benzene rings is 2. The quantitative estimate of drug-likeness (QED) is 0.505. The van der Waals surface area contributed by atoms with E-state index in [1.54, 1.807) is 0 Å². The maximum atomic E-state index is 10.4. The lowest BCUT2D eigenvalue weighted by Gasteiger charge is -2.18. The molecule has 0 amide bonds. The molecule has 0 bridgehead atoms. The van der Waals surface area contributed by atoms with Crippen LogP contribution in [0.25, 0.3) is 21.8 Å². The molecule has 134 valence electrons. The van der Waals surface area contributed by atoms with Gasteiger partial charge in [0.15, 0.2) is 0 Å². The van der Waals surface area contributed by atoms with Gasteiger partial charge in [-0.25, -0.2) is 0 Å². The summed E-state index contributed by atoms with van der Waals surface area (Å²) in [6, 6.07) is 10.8. The number of aliphatic hydroxyl groups is 3. The van der Waals surface area contributed by atoms with Crippen molar-refractivity contribution in [3.05, 3.63) is 46.4 Å². The normalized spacial score (nSPS) is 13.2. The number of fused-ring (bicyclic) bond motifs is 3. The third-order valence-electron chi connectivity index (χ3n) is 4.27. The highest BCUT2D eigenvalue weighted by Gasteiger charge is 2.15. The van der Waals surface area contributed by atoms with Crippen LogP contribution in [0.5, 0.6) is 0 Å². The highest BCUT2D eigenvalue weighted by atomic mass is 35.5. The molecular formula is C18H20Cl2N2O3. The Kier molecular flexibility index (Phi) is 5.84. The maximum Gasteiger partial charge on any atom is 0.0843 e. The predicted molar refractivity (Wildman–Crippen MR) is 101 cm³/mol. The van der Waals surface area contributed by atoms with E-state index in [1.165, 1.54) is 0 Å². The van der Waals surface area contributed by atoms with Crippen molar-refractivity contribution in [2.75, 3.05) is 19.8 Å². The number of hydrogen-bond acceptors (Lipinski definition) is 4. The van der Waals surface area contributed by atoms with Crippen LogP contribution in [-0.2, 0) is 6.54 Å². The first-order valence-corrected chi connectivity index (χ1v) is 8.79. The Morgan fingerprint density at radius 3 is 1.92 bits per heavy atom. The topological polar surface area (TPSA) is 77.7 Å². The minimum Gasteiger partial charge on any atom is -0.395 e. The maximum absolute atomic E-state index is 10.4. The smallest absolute Gasteiger partial charge is 0.0843 e. The van der Waals surface area contributed by atoms with Crippen molar-refractivity contribution >= 4 is 45.0 Å². The van der Waals surface area contributed by atoms with E-state index >= 15 is 0 Å². The number of halogens is 2. The molecule has 1 aromatic heterocycles. The molecule has 0 aliphatic rings. The fourth-order valence-electron chi connectivity index (χ4n) is 3.01. The third kappa shape index (κ3) is 3.92.